The Hall–Kier alpha value is -3.03. The molecule has 0 fully saturated rings. The predicted octanol–water partition coefficient (Wildman–Crippen LogP) is 4.80. The summed E-state index contributed by atoms with van der Waals surface area (Å²) in [6.45, 7) is 3.31. The second kappa shape index (κ2) is 9.41. The molecule has 31 heavy (non-hydrogen) atoms. The molecule has 0 unspecified atom stereocenters. The minimum absolute atomic E-state index is 0.0775. The molecule has 0 aliphatic heterocycles. The number of aryl methyl sites for hydroxylation is 2. The Balaban J connectivity index is 1.99. The third kappa shape index (κ3) is 5.18. The molecule has 0 spiro atoms. The van der Waals surface area contributed by atoms with Crippen LogP contribution in [0.4, 0.5) is 11.4 Å². The van der Waals surface area contributed by atoms with E-state index in [2.05, 4.69) is 5.32 Å². The number of anilines is 2. The molecule has 0 aliphatic rings. The minimum Gasteiger partial charge on any atom is -0.495 e. The number of benzene rings is 3. The van der Waals surface area contributed by atoms with Crippen LogP contribution >= 0.6 is 11.6 Å². The van der Waals surface area contributed by atoms with Crippen molar-refractivity contribution < 1.29 is 17.9 Å². The summed E-state index contributed by atoms with van der Waals surface area (Å²) < 4.78 is 33.1. The Morgan fingerprint density at radius 3 is 2.32 bits per heavy atom. The van der Waals surface area contributed by atoms with Crippen molar-refractivity contribution in [3.8, 4) is 5.75 Å². The van der Waals surface area contributed by atoms with E-state index < -0.39 is 22.5 Å². The molecular formula is C23H23ClN2O4S. The number of sulfonamides is 1. The van der Waals surface area contributed by atoms with Gasteiger partial charge in [-0.25, -0.2) is 8.42 Å². The summed E-state index contributed by atoms with van der Waals surface area (Å²) >= 11 is 6.23. The lowest BCUT2D eigenvalue weighted by atomic mass is 10.2. The number of rotatable bonds is 7. The number of carbonyl (C=O) groups is 1. The molecular weight excluding hydrogens is 436 g/mol. The molecule has 1 N–H and O–H groups in total. The quantitative estimate of drug-likeness (QED) is 0.551. The lowest BCUT2D eigenvalue weighted by molar-refractivity contribution is -0.114. The summed E-state index contributed by atoms with van der Waals surface area (Å²) in [6.07, 6.45) is 0. The molecule has 8 heteroatoms. The van der Waals surface area contributed by atoms with Gasteiger partial charge < -0.3 is 10.1 Å². The summed E-state index contributed by atoms with van der Waals surface area (Å²) in [5.41, 5.74) is 2.67. The Labute approximate surface area is 187 Å². The zero-order valence-electron chi connectivity index (χ0n) is 17.4. The van der Waals surface area contributed by atoms with Crippen LogP contribution in [0.15, 0.2) is 71.6 Å². The van der Waals surface area contributed by atoms with E-state index in [1.807, 2.05) is 26.0 Å². The first kappa shape index (κ1) is 22.7. The molecule has 6 nitrogen and oxygen atoms in total. The van der Waals surface area contributed by atoms with E-state index in [0.29, 0.717) is 11.4 Å². The number of hydrogen-bond acceptors (Lipinski definition) is 4. The van der Waals surface area contributed by atoms with Crippen molar-refractivity contribution in [2.75, 3.05) is 23.3 Å². The van der Waals surface area contributed by atoms with Crippen molar-refractivity contribution in [1.82, 2.24) is 0 Å². The largest absolute Gasteiger partial charge is 0.495 e. The Morgan fingerprint density at radius 1 is 1.03 bits per heavy atom. The second-order valence-electron chi connectivity index (χ2n) is 7.01. The smallest absolute Gasteiger partial charge is 0.264 e. The first-order valence-electron chi connectivity index (χ1n) is 9.51. The number of carbonyl (C=O) groups excluding carboxylic acids is 1. The molecule has 3 rings (SSSR count). The van der Waals surface area contributed by atoms with Gasteiger partial charge in [0.1, 0.15) is 12.3 Å². The molecule has 3 aromatic carbocycles. The zero-order valence-corrected chi connectivity index (χ0v) is 19.0. The molecule has 162 valence electrons. The highest BCUT2D eigenvalue weighted by Gasteiger charge is 2.28. The first-order chi connectivity index (χ1) is 14.7. The summed E-state index contributed by atoms with van der Waals surface area (Å²) in [7, 11) is -2.56. The molecule has 0 saturated carbocycles. The van der Waals surface area contributed by atoms with Crippen LogP contribution in [0.2, 0.25) is 5.02 Å². The van der Waals surface area contributed by atoms with Crippen LogP contribution in [-0.4, -0.2) is 28.0 Å². The molecule has 0 heterocycles. The van der Waals surface area contributed by atoms with Gasteiger partial charge in [-0.3, -0.25) is 9.10 Å². The Kier molecular flexibility index (Phi) is 6.87. The van der Waals surface area contributed by atoms with E-state index >= 15 is 0 Å². The van der Waals surface area contributed by atoms with Gasteiger partial charge in [0.15, 0.2) is 0 Å². The van der Waals surface area contributed by atoms with E-state index in [1.54, 1.807) is 36.4 Å². The van der Waals surface area contributed by atoms with Gasteiger partial charge in [0.05, 0.1) is 22.7 Å². The maximum atomic E-state index is 13.4. The number of ether oxygens (including phenoxy) is 1. The van der Waals surface area contributed by atoms with Gasteiger partial charge in [0, 0.05) is 5.69 Å². The summed E-state index contributed by atoms with van der Waals surface area (Å²) in [6, 6.07) is 18.3. The van der Waals surface area contributed by atoms with E-state index in [1.165, 1.54) is 25.3 Å². The van der Waals surface area contributed by atoms with Crippen LogP contribution in [0.25, 0.3) is 0 Å². The van der Waals surface area contributed by atoms with Crippen LogP contribution in [0.1, 0.15) is 11.1 Å². The third-order valence-electron chi connectivity index (χ3n) is 4.74. The van der Waals surface area contributed by atoms with Crippen LogP contribution in [0.5, 0.6) is 5.75 Å². The number of halogens is 1. The first-order valence-corrected chi connectivity index (χ1v) is 11.3. The normalized spacial score (nSPS) is 11.1. The molecule has 0 bridgehead atoms. The summed E-state index contributed by atoms with van der Waals surface area (Å²) in [4.78, 5) is 12.9. The highest BCUT2D eigenvalue weighted by atomic mass is 35.5. The van der Waals surface area contributed by atoms with Crippen LogP contribution in [0, 0.1) is 13.8 Å². The lowest BCUT2D eigenvalue weighted by Gasteiger charge is -2.25. The summed E-state index contributed by atoms with van der Waals surface area (Å²) in [5.74, 6) is -0.0700. The van der Waals surface area contributed by atoms with Gasteiger partial charge in [-0.2, -0.15) is 0 Å². The molecule has 1 amide bonds. The number of para-hydroxylation sites is 1. The number of amides is 1. The maximum Gasteiger partial charge on any atom is 0.264 e. The number of nitrogens with zero attached hydrogens (tertiary/aromatic N) is 1. The molecule has 0 atom stereocenters. The van der Waals surface area contributed by atoms with Crippen LogP contribution in [0.3, 0.4) is 0 Å². The van der Waals surface area contributed by atoms with E-state index in [4.69, 9.17) is 16.3 Å². The monoisotopic (exact) mass is 458 g/mol. The number of nitrogens with one attached hydrogen (secondary N) is 1. The predicted molar refractivity (Wildman–Crippen MR) is 124 cm³/mol. The lowest BCUT2D eigenvalue weighted by Crippen LogP contribution is -2.38. The van der Waals surface area contributed by atoms with Crippen LogP contribution < -0.4 is 14.4 Å². The van der Waals surface area contributed by atoms with Gasteiger partial charge >= 0.3 is 0 Å². The standard InChI is InChI=1S/C23H23ClN2O4S/c1-16-8-11-19(12-9-16)31(28,29)26(18-10-13-22(30-3)20(24)14-18)15-23(27)25-21-7-5-4-6-17(21)2/h4-14H,15H2,1-3H3,(H,25,27). The zero-order chi connectivity index (χ0) is 22.6. The van der Waals surface area contributed by atoms with Gasteiger partial charge in [0.25, 0.3) is 10.0 Å². The van der Waals surface area contributed by atoms with Gasteiger partial charge in [-0.1, -0.05) is 47.5 Å². The minimum atomic E-state index is -4.03. The number of hydrogen-bond donors (Lipinski definition) is 1. The second-order valence-corrected chi connectivity index (χ2v) is 9.28. The van der Waals surface area contributed by atoms with Crippen molar-refractivity contribution in [2.45, 2.75) is 18.7 Å². The van der Waals surface area contributed by atoms with E-state index in [0.717, 1.165) is 15.4 Å². The van der Waals surface area contributed by atoms with Crippen molar-refractivity contribution in [3.05, 3.63) is 82.9 Å². The Morgan fingerprint density at radius 2 is 1.71 bits per heavy atom. The SMILES string of the molecule is COc1ccc(N(CC(=O)Nc2ccccc2C)S(=O)(=O)c2ccc(C)cc2)cc1Cl. The van der Waals surface area contributed by atoms with Gasteiger partial charge in [-0.05, 0) is 55.8 Å². The molecule has 0 saturated heterocycles. The molecule has 0 aromatic heterocycles. The average molecular weight is 459 g/mol. The molecule has 0 aliphatic carbocycles. The molecule has 3 aromatic rings. The van der Waals surface area contributed by atoms with Crippen LogP contribution in [-0.2, 0) is 14.8 Å². The van der Waals surface area contributed by atoms with Crippen molar-refractivity contribution >= 4 is 38.9 Å². The third-order valence-corrected chi connectivity index (χ3v) is 6.82. The maximum absolute atomic E-state index is 13.4. The highest BCUT2D eigenvalue weighted by molar-refractivity contribution is 7.92. The fourth-order valence-corrected chi connectivity index (χ4v) is 4.66. The van der Waals surface area contributed by atoms with Crippen molar-refractivity contribution in [2.24, 2.45) is 0 Å². The number of methoxy groups -OCH3 is 1. The Bertz CT molecular complexity index is 1190. The fraction of sp³-hybridized carbons (Fsp3) is 0.174. The van der Waals surface area contributed by atoms with Crippen molar-refractivity contribution in [1.29, 1.82) is 0 Å². The highest BCUT2D eigenvalue weighted by Crippen LogP contribution is 2.32. The fourth-order valence-electron chi connectivity index (χ4n) is 3.00. The topological polar surface area (TPSA) is 75.7 Å². The summed E-state index contributed by atoms with van der Waals surface area (Å²) in [5, 5.41) is 3.02. The van der Waals surface area contributed by atoms with E-state index in [-0.39, 0.29) is 15.6 Å². The average Bonchev–Trinajstić information content (AvgIpc) is 2.74. The van der Waals surface area contributed by atoms with E-state index in [9.17, 15) is 13.2 Å². The van der Waals surface area contributed by atoms with Gasteiger partial charge in [0.2, 0.25) is 5.91 Å². The van der Waals surface area contributed by atoms with Gasteiger partial charge in [-0.15, -0.1) is 0 Å². The van der Waals surface area contributed by atoms with Crippen molar-refractivity contribution in [3.63, 3.8) is 0 Å². The molecule has 0 radical (unpaired) electrons.